The molecule has 96 valence electrons. The molecule has 0 aromatic heterocycles. The van der Waals surface area contributed by atoms with E-state index in [1.54, 1.807) is 7.11 Å². The minimum Gasteiger partial charge on any atom is -0.387 e. The lowest BCUT2D eigenvalue weighted by Gasteiger charge is -2.28. The summed E-state index contributed by atoms with van der Waals surface area (Å²) in [5.74, 6) is 0. The molecule has 0 radical (unpaired) electrons. The van der Waals surface area contributed by atoms with Crippen LogP contribution < -0.4 is 5.32 Å². The van der Waals surface area contributed by atoms with Crippen molar-refractivity contribution in [2.75, 3.05) is 27.3 Å². The maximum atomic E-state index is 10.1. The maximum Gasteiger partial charge on any atom is 0.0917 e. The maximum absolute atomic E-state index is 10.1. The number of aliphatic hydroxyl groups excluding tert-OH is 1. The molecule has 0 saturated carbocycles. The number of hydrogen-bond acceptors (Lipinski definition) is 3. The predicted molar refractivity (Wildman–Crippen MR) is 70.2 cm³/mol. The molecule has 1 aromatic carbocycles. The molecular formula is C14H23NO2. The van der Waals surface area contributed by atoms with Gasteiger partial charge in [0, 0.05) is 19.1 Å². The Labute approximate surface area is 104 Å². The van der Waals surface area contributed by atoms with Gasteiger partial charge < -0.3 is 15.2 Å². The van der Waals surface area contributed by atoms with Crippen LogP contribution in [0.4, 0.5) is 0 Å². The smallest absolute Gasteiger partial charge is 0.0917 e. The van der Waals surface area contributed by atoms with Crippen LogP contribution in [-0.4, -0.2) is 32.4 Å². The van der Waals surface area contributed by atoms with Gasteiger partial charge in [-0.3, -0.25) is 0 Å². The fourth-order valence-corrected chi connectivity index (χ4v) is 2.15. The number of hydrogen-bond donors (Lipinski definition) is 2. The van der Waals surface area contributed by atoms with E-state index in [1.807, 2.05) is 25.2 Å². The van der Waals surface area contributed by atoms with Gasteiger partial charge in [0.2, 0.25) is 0 Å². The summed E-state index contributed by atoms with van der Waals surface area (Å²) >= 11 is 0. The van der Waals surface area contributed by atoms with Crippen LogP contribution in [0.1, 0.15) is 31.1 Å². The van der Waals surface area contributed by atoms with Crippen molar-refractivity contribution in [3.63, 3.8) is 0 Å². The minimum atomic E-state index is -0.479. The summed E-state index contributed by atoms with van der Waals surface area (Å²) in [4.78, 5) is 0. The lowest BCUT2D eigenvalue weighted by atomic mass is 9.81. The second-order valence-electron chi connectivity index (χ2n) is 4.98. The van der Waals surface area contributed by atoms with Gasteiger partial charge >= 0.3 is 0 Å². The minimum absolute atomic E-state index is 0.0972. The molecule has 0 spiro atoms. The first-order valence-corrected chi connectivity index (χ1v) is 5.94. The van der Waals surface area contributed by atoms with E-state index in [4.69, 9.17) is 4.74 Å². The molecule has 1 atom stereocenters. The van der Waals surface area contributed by atoms with Gasteiger partial charge in [0.05, 0.1) is 12.7 Å². The van der Waals surface area contributed by atoms with Crippen LogP contribution in [0.2, 0.25) is 0 Å². The van der Waals surface area contributed by atoms with E-state index in [0.717, 1.165) is 11.1 Å². The van der Waals surface area contributed by atoms with E-state index >= 15 is 0 Å². The predicted octanol–water partition coefficient (Wildman–Crippen LogP) is 1.86. The summed E-state index contributed by atoms with van der Waals surface area (Å²) in [6.07, 6.45) is -0.479. The van der Waals surface area contributed by atoms with Crippen molar-refractivity contribution in [1.82, 2.24) is 5.32 Å². The van der Waals surface area contributed by atoms with Gasteiger partial charge in [-0.25, -0.2) is 0 Å². The molecule has 0 bridgehead atoms. The number of methoxy groups -OCH3 is 1. The van der Waals surface area contributed by atoms with Gasteiger partial charge in [0.15, 0.2) is 0 Å². The number of likely N-dealkylation sites (N-methyl/N-ethyl adjacent to an activating group) is 1. The molecule has 2 N–H and O–H groups in total. The number of aliphatic hydroxyl groups is 1. The molecule has 0 aliphatic carbocycles. The van der Waals surface area contributed by atoms with Crippen molar-refractivity contribution in [3.05, 3.63) is 35.4 Å². The van der Waals surface area contributed by atoms with Gasteiger partial charge in [0.1, 0.15) is 0 Å². The van der Waals surface area contributed by atoms with E-state index < -0.39 is 6.10 Å². The van der Waals surface area contributed by atoms with Crippen LogP contribution in [-0.2, 0) is 10.2 Å². The van der Waals surface area contributed by atoms with Crippen LogP contribution >= 0.6 is 0 Å². The SMILES string of the molecule is CNCC(O)c1ccccc1C(C)(C)COC. The molecule has 0 aliphatic rings. The Hall–Kier alpha value is -0.900. The van der Waals surface area contributed by atoms with E-state index in [1.165, 1.54) is 0 Å². The first-order valence-electron chi connectivity index (χ1n) is 5.94. The molecule has 1 unspecified atom stereocenters. The Morgan fingerprint density at radius 3 is 2.59 bits per heavy atom. The molecule has 0 amide bonds. The van der Waals surface area contributed by atoms with Crippen molar-refractivity contribution in [1.29, 1.82) is 0 Å². The van der Waals surface area contributed by atoms with E-state index in [2.05, 4.69) is 25.2 Å². The molecule has 1 rings (SSSR count). The van der Waals surface area contributed by atoms with E-state index in [0.29, 0.717) is 13.2 Å². The van der Waals surface area contributed by atoms with Gasteiger partial charge in [0.25, 0.3) is 0 Å². The van der Waals surface area contributed by atoms with Crippen molar-refractivity contribution in [2.45, 2.75) is 25.4 Å². The van der Waals surface area contributed by atoms with Gasteiger partial charge in [-0.2, -0.15) is 0 Å². The molecule has 3 heteroatoms. The second kappa shape index (κ2) is 6.15. The van der Waals surface area contributed by atoms with Gasteiger partial charge in [-0.15, -0.1) is 0 Å². The Morgan fingerprint density at radius 2 is 2.00 bits per heavy atom. The number of rotatable bonds is 6. The molecule has 3 nitrogen and oxygen atoms in total. The molecule has 1 aromatic rings. The Bertz CT molecular complexity index is 350. The van der Waals surface area contributed by atoms with Crippen LogP contribution in [0.15, 0.2) is 24.3 Å². The van der Waals surface area contributed by atoms with E-state index in [9.17, 15) is 5.11 Å². The summed E-state index contributed by atoms with van der Waals surface area (Å²) in [6, 6.07) is 8.00. The summed E-state index contributed by atoms with van der Waals surface area (Å²) in [5.41, 5.74) is 2.02. The first-order chi connectivity index (χ1) is 8.03. The zero-order valence-electron chi connectivity index (χ0n) is 11.2. The lowest BCUT2D eigenvalue weighted by molar-refractivity contribution is 0.140. The zero-order chi connectivity index (χ0) is 12.9. The average molecular weight is 237 g/mol. The van der Waals surface area contributed by atoms with Crippen molar-refractivity contribution in [3.8, 4) is 0 Å². The Kier molecular flexibility index (Phi) is 5.12. The Morgan fingerprint density at radius 1 is 1.35 bits per heavy atom. The normalized spacial score (nSPS) is 13.7. The zero-order valence-corrected chi connectivity index (χ0v) is 11.2. The summed E-state index contributed by atoms with van der Waals surface area (Å²) in [7, 11) is 3.54. The van der Waals surface area contributed by atoms with Crippen LogP contribution in [0.3, 0.4) is 0 Å². The summed E-state index contributed by atoms with van der Waals surface area (Å²) < 4.78 is 5.26. The summed E-state index contributed by atoms with van der Waals surface area (Å²) in [6.45, 7) is 5.44. The second-order valence-corrected chi connectivity index (χ2v) is 4.98. The third kappa shape index (κ3) is 3.53. The average Bonchev–Trinajstić information content (AvgIpc) is 2.29. The fourth-order valence-electron chi connectivity index (χ4n) is 2.15. The topological polar surface area (TPSA) is 41.5 Å². The van der Waals surface area contributed by atoms with Crippen molar-refractivity contribution < 1.29 is 9.84 Å². The molecule has 17 heavy (non-hydrogen) atoms. The number of ether oxygens (including phenoxy) is 1. The third-order valence-electron chi connectivity index (χ3n) is 2.95. The quantitative estimate of drug-likeness (QED) is 0.793. The largest absolute Gasteiger partial charge is 0.387 e. The number of nitrogens with one attached hydrogen (secondary N) is 1. The van der Waals surface area contributed by atoms with Crippen molar-refractivity contribution >= 4 is 0 Å². The van der Waals surface area contributed by atoms with Gasteiger partial charge in [-0.1, -0.05) is 38.1 Å². The molecule has 0 fully saturated rings. The van der Waals surface area contributed by atoms with Crippen LogP contribution in [0, 0.1) is 0 Å². The molecule has 0 heterocycles. The Balaban J connectivity index is 3.06. The molecule has 0 aliphatic heterocycles. The highest BCUT2D eigenvalue weighted by Crippen LogP contribution is 2.30. The molecular weight excluding hydrogens is 214 g/mol. The standard InChI is InChI=1S/C14H23NO2/c1-14(2,10-17-4)12-8-6-5-7-11(12)13(16)9-15-3/h5-8,13,15-16H,9-10H2,1-4H3. The van der Waals surface area contributed by atoms with Gasteiger partial charge in [-0.05, 0) is 18.2 Å². The van der Waals surface area contributed by atoms with Crippen LogP contribution in [0.25, 0.3) is 0 Å². The number of benzene rings is 1. The highest BCUT2D eigenvalue weighted by molar-refractivity contribution is 5.35. The first kappa shape index (κ1) is 14.2. The lowest BCUT2D eigenvalue weighted by Crippen LogP contribution is -2.27. The monoisotopic (exact) mass is 237 g/mol. The summed E-state index contributed by atoms with van der Waals surface area (Å²) in [5, 5.41) is 13.1. The van der Waals surface area contributed by atoms with Crippen molar-refractivity contribution in [2.24, 2.45) is 0 Å². The molecule has 0 saturated heterocycles. The van der Waals surface area contributed by atoms with E-state index in [-0.39, 0.29) is 5.41 Å². The highest BCUT2D eigenvalue weighted by Gasteiger charge is 2.25. The van der Waals surface area contributed by atoms with Crippen LogP contribution in [0.5, 0.6) is 0 Å². The fraction of sp³-hybridized carbons (Fsp3) is 0.571. The highest BCUT2D eigenvalue weighted by atomic mass is 16.5. The third-order valence-corrected chi connectivity index (χ3v) is 2.95.